The minimum Gasteiger partial charge on any atom is -0.476 e. The molecule has 0 radical (unpaired) electrons. The van der Waals surface area contributed by atoms with Crippen molar-refractivity contribution in [1.82, 2.24) is 0 Å². The third-order valence-electron chi connectivity index (χ3n) is 6.06. The number of nitrogens with zero attached hydrogens (tertiary/aromatic N) is 1. The smallest absolute Gasteiger partial charge is 0.267 e. The average molecular weight is 519 g/mol. The molecule has 1 amide bonds. The molecular formula is C27H19ClN2O5S. The zero-order chi connectivity index (χ0) is 24.9. The highest BCUT2D eigenvalue weighted by Gasteiger charge is 2.37. The molecular weight excluding hydrogens is 500 g/mol. The Morgan fingerprint density at radius 3 is 2.47 bits per heavy atom. The molecule has 1 aliphatic rings. The maximum absolute atomic E-state index is 13.5. The quantitative estimate of drug-likeness (QED) is 0.323. The Bertz CT molecular complexity index is 1730. The van der Waals surface area contributed by atoms with E-state index in [9.17, 15) is 13.2 Å². The highest BCUT2D eigenvalue weighted by Crippen LogP contribution is 2.39. The van der Waals surface area contributed by atoms with Gasteiger partial charge in [0.15, 0.2) is 6.10 Å². The first-order valence-corrected chi connectivity index (χ1v) is 13.0. The van der Waals surface area contributed by atoms with Crippen LogP contribution in [0, 0.1) is 0 Å². The standard InChI is InChI=1S/C27H19ClN2O5S/c28-17-10-13-24-22(14-17)30(36(32,33)19-6-2-1-3-7-19)16-26(35-24)27(31)29-18-11-12-21-20-8-4-5-9-23(20)34-25(21)15-18/h1-15,26H,16H2,(H,29,31). The lowest BCUT2D eigenvalue weighted by molar-refractivity contribution is -0.122. The fourth-order valence-corrected chi connectivity index (χ4v) is 5.99. The topological polar surface area (TPSA) is 88.9 Å². The molecule has 1 atom stereocenters. The minimum absolute atomic E-state index is 0.104. The van der Waals surface area contributed by atoms with E-state index in [0.717, 1.165) is 16.4 Å². The maximum atomic E-state index is 13.5. The van der Waals surface area contributed by atoms with Crippen LogP contribution >= 0.6 is 11.6 Å². The van der Waals surface area contributed by atoms with Crippen molar-refractivity contribution in [2.24, 2.45) is 0 Å². The van der Waals surface area contributed by atoms with Crippen LogP contribution in [0.2, 0.25) is 5.02 Å². The Kier molecular flexibility index (Phi) is 5.35. The summed E-state index contributed by atoms with van der Waals surface area (Å²) in [5.74, 6) is -0.239. The average Bonchev–Trinajstić information content (AvgIpc) is 3.26. The number of halogens is 1. The van der Waals surface area contributed by atoms with Gasteiger partial charge in [-0.25, -0.2) is 8.42 Å². The number of benzene rings is 4. The lowest BCUT2D eigenvalue weighted by Gasteiger charge is -2.34. The van der Waals surface area contributed by atoms with Gasteiger partial charge in [0.05, 0.1) is 17.1 Å². The van der Waals surface area contributed by atoms with Gasteiger partial charge in [0.1, 0.15) is 16.9 Å². The maximum Gasteiger partial charge on any atom is 0.267 e. The van der Waals surface area contributed by atoms with Crippen LogP contribution in [0.5, 0.6) is 5.75 Å². The summed E-state index contributed by atoms with van der Waals surface area (Å²) in [4.78, 5) is 13.4. The van der Waals surface area contributed by atoms with Crippen molar-refractivity contribution >= 4 is 60.8 Å². The number of rotatable bonds is 4. The summed E-state index contributed by atoms with van der Waals surface area (Å²) in [5, 5.41) is 5.10. The zero-order valence-corrected chi connectivity index (χ0v) is 20.3. The normalized spacial score (nSPS) is 15.5. The molecule has 9 heteroatoms. The summed E-state index contributed by atoms with van der Waals surface area (Å²) in [7, 11) is -3.98. The number of carbonyl (C=O) groups excluding carboxylic acids is 1. The monoisotopic (exact) mass is 518 g/mol. The molecule has 0 saturated carbocycles. The summed E-state index contributed by atoms with van der Waals surface area (Å²) in [5.41, 5.74) is 2.17. The number of amides is 1. The Labute approximate surface area is 211 Å². The van der Waals surface area contributed by atoms with Gasteiger partial charge in [-0.2, -0.15) is 0 Å². The number of furan rings is 1. The Balaban J connectivity index is 1.32. The third kappa shape index (κ3) is 3.84. The number of hydrogen-bond donors (Lipinski definition) is 1. The molecule has 4 aromatic carbocycles. The van der Waals surface area contributed by atoms with Crippen LogP contribution in [0.1, 0.15) is 0 Å². The number of ether oxygens (including phenoxy) is 1. The van der Waals surface area contributed by atoms with Crippen molar-refractivity contribution in [3.05, 3.63) is 96.0 Å². The van der Waals surface area contributed by atoms with Gasteiger partial charge in [0.2, 0.25) is 0 Å². The van der Waals surface area contributed by atoms with Crippen LogP contribution in [0.4, 0.5) is 11.4 Å². The molecule has 180 valence electrons. The fraction of sp³-hybridized carbons (Fsp3) is 0.0741. The molecule has 1 unspecified atom stereocenters. The number of anilines is 2. The predicted octanol–water partition coefficient (Wildman–Crippen LogP) is 5.83. The van der Waals surface area contributed by atoms with Gasteiger partial charge >= 0.3 is 0 Å². The molecule has 2 heterocycles. The van der Waals surface area contributed by atoms with Crippen LogP contribution in [-0.2, 0) is 14.8 Å². The van der Waals surface area contributed by atoms with Crippen LogP contribution in [0.3, 0.4) is 0 Å². The van der Waals surface area contributed by atoms with E-state index in [-0.39, 0.29) is 22.9 Å². The highest BCUT2D eigenvalue weighted by atomic mass is 35.5. The summed E-state index contributed by atoms with van der Waals surface area (Å²) >= 11 is 6.16. The predicted molar refractivity (Wildman–Crippen MR) is 139 cm³/mol. The van der Waals surface area contributed by atoms with Crippen LogP contribution in [-0.4, -0.2) is 27.0 Å². The summed E-state index contributed by atoms with van der Waals surface area (Å²) in [6.45, 7) is -0.219. The number of carbonyl (C=O) groups is 1. The second-order valence-electron chi connectivity index (χ2n) is 8.37. The first-order chi connectivity index (χ1) is 17.4. The summed E-state index contributed by atoms with van der Waals surface area (Å²) < 4.78 is 40.0. The van der Waals surface area contributed by atoms with Crippen LogP contribution in [0.25, 0.3) is 21.9 Å². The molecule has 0 saturated heterocycles. The number of sulfonamides is 1. The third-order valence-corrected chi connectivity index (χ3v) is 8.09. The molecule has 7 nitrogen and oxygen atoms in total. The second kappa shape index (κ2) is 8.58. The van der Waals surface area contributed by atoms with Crippen molar-refractivity contribution in [3.8, 4) is 5.75 Å². The molecule has 1 N–H and O–H groups in total. The van der Waals surface area contributed by atoms with Crippen molar-refractivity contribution in [3.63, 3.8) is 0 Å². The second-order valence-corrected chi connectivity index (χ2v) is 10.7. The highest BCUT2D eigenvalue weighted by molar-refractivity contribution is 7.92. The molecule has 0 aliphatic carbocycles. The van der Waals surface area contributed by atoms with Crippen LogP contribution in [0.15, 0.2) is 100 Å². The van der Waals surface area contributed by atoms with Gasteiger partial charge in [-0.05, 0) is 48.5 Å². The zero-order valence-electron chi connectivity index (χ0n) is 18.7. The van der Waals surface area contributed by atoms with E-state index in [0.29, 0.717) is 16.3 Å². The number of hydrogen-bond acceptors (Lipinski definition) is 5. The van der Waals surface area contributed by atoms with E-state index in [1.165, 1.54) is 22.5 Å². The molecule has 6 rings (SSSR count). The molecule has 0 bridgehead atoms. The number of para-hydroxylation sites is 1. The van der Waals surface area contributed by atoms with Crippen molar-refractivity contribution in [2.75, 3.05) is 16.2 Å². The summed E-state index contributed by atoms with van der Waals surface area (Å²) in [6, 6.07) is 25.8. The molecule has 5 aromatic rings. The summed E-state index contributed by atoms with van der Waals surface area (Å²) in [6.07, 6.45) is -1.09. The van der Waals surface area contributed by atoms with Crippen molar-refractivity contribution in [1.29, 1.82) is 0 Å². The minimum atomic E-state index is -3.98. The van der Waals surface area contributed by atoms with Crippen molar-refractivity contribution in [2.45, 2.75) is 11.0 Å². The fourth-order valence-electron chi connectivity index (χ4n) is 4.33. The lowest BCUT2D eigenvalue weighted by Crippen LogP contribution is -2.48. The molecule has 1 aromatic heterocycles. The number of nitrogens with one attached hydrogen (secondary N) is 1. The Hall–Kier alpha value is -4.01. The van der Waals surface area contributed by atoms with Gasteiger partial charge in [0, 0.05) is 27.5 Å². The lowest BCUT2D eigenvalue weighted by atomic mass is 10.1. The SMILES string of the molecule is O=C(Nc1ccc2c(c1)oc1ccccc12)C1CN(S(=O)(=O)c2ccccc2)c2cc(Cl)ccc2O1. The Morgan fingerprint density at radius 1 is 0.889 bits per heavy atom. The molecule has 0 spiro atoms. The van der Waals surface area contributed by atoms with Gasteiger partial charge in [-0.3, -0.25) is 9.10 Å². The van der Waals surface area contributed by atoms with E-state index in [1.807, 2.05) is 30.3 Å². The molecule has 0 fully saturated rings. The van der Waals surface area contributed by atoms with Crippen LogP contribution < -0.4 is 14.4 Å². The van der Waals surface area contributed by atoms with Gasteiger partial charge in [-0.15, -0.1) is 0 Å². The van der Waals surface area contributed by atoms with Gasteiger partial charge < -0.3 is 14.5 Å². The van der Waals surface area contributed by atoms with Gasteiger partial charge in [-0.1, -0.05) is 48.0 Å². The van der Waals surface area contributed by atoms with Gasteiger partial charge in [0.25, 0.3) is 15.9 Å². The van der Waals surface area contributed by atoms with Crippen molar-refractivity contribution < 1.29 is 22.4 Å². The Morgan fingerprint density at radius 2 is 1.64 bits per heavy atom. The first kappa shape index (κ1) is 22.5. The van der Waals surface area contributed by atoms with E-state index in [4.69, 9.17) is 20.8 Å². The van der Waals surface area contributed by atoms with E-state index in [2.05, 4.69) is 5.32 Å². The number of fused-ring (bicyclic) bond motifs is 4. The van der Waals surface area contributed by atoms with E-state index in [1.54, 1.807) is 42.5 Å². The molecule has 36 heavy (non-hydrogen) atoms. The first-order valence-electron chi connectivity index (χ1n) is 11.2. The van der Waals surface area contributed by atoms with E-state index >= 15 is 0 Å². The largest absolute Gasteiger partial charge is 0.476 e. The van der Waals surface area contributed by atoms with E-state index < -0.39 is 22.0 Å². The molecule has 1 aliphatic heterocycles.